The number of nitrogens with zero attached hydrogens (tertiary/aromatic N) is 5. The minimum Gasteiger partial charge on any atom is -0.345 e. The largest absolute Gasteiger partial charge is 0.345 e. The second-order valence-corrected chi connectivity index (χ2v) is 10.5. The van der Waals surface area contributed by atoms with Crippen LogP contribution in [0.3, 0.4) is 0 Å². The third kappa shape index (κ3) is 4.69. The van der Waals surface area contributed by atoms with Crippen LogP contribution in [0, 0.1) is 13.8 Å². The number of fused-ring (bicyclic) bond motifs is 1. The molecule has 0 fully saturated rings. The number of Topliss-reactive ketones (excluding diaryl/α,β-unsaturated/α-hetero) is 1. The molecule has 3 heterocycles. The SMILES string of the molecule is C=CCn1c(C)cc(C(=O)CSc2nnc(CSc3nc4ccccc4s3)n2CC)c1C. The Morgan fingerprint density at radius 1 is 1.19 bits per heavy atom. The molecule has 32 heavy (non-hydrogen) atoms. The number of rotatable bonds is 10. The van der Waals surface area contributed by atoms with E-state index in [-0.39, 0.29) is 5.78 Å². The number of carbonyl (C=O) groups excluding carboxylic acids is 1. The molecule has 166 valence electrons. The van der Waals surface area contributed by atoms with Crippen LogP contribution >= 0.6 is 34.9 Å². The predicted molar refractivity (Wildman–Crippen MR) is 134 cm³/mol. The number of hydrogen-bond donors (Lipinski definition) is 0. The van der Waals surface area contributed by atoms with Crippen LogP contribution in [-0.2, 0) is 18.8 Å². The first-order valence-electron chi connectivity index (χ1n) is 10.4. The molecule has 0 saturated heterocycles. The summed E-state index contributed by atoms with van der Waals surface area (Å²) in [6.45, 7) is 11.3. The zero-order chi connectivity index (χ0) is 22.7. The van der Waals surface area contributed by atoms with Gasteiger partial charge in [-0.1, -0.05) is 41.7 Å². The van der Waals surface area contributed by atoms with Crippen molar-refractivity contribution in [2.24, 2.45) is 0 Å². The van der Waals surface area contributed by atoms with E-state index in [1.54, 1.807) is 23.1 Å². The van der Waals surface area contributed by atoms with Crippen LogP contribution in [0.25, 0.3) is 10.2 Å². The summed E-state index contributed by atoms with van der Waals surface area (Å²) in [5.41, 5.74) is 3.85. The molecule has 0 N–H and O–H groups in total. The molecule has 0 spiro atoms. The summed E-state index contributed by atoms with van der Waals surface area (Å²) in [7, 11) is 0. The smallest absolute Gasteiger partial charge is 0.191 e. The van der Waals surface area contributed by atoms with Crippen LogP contribution < -0.4 is 0 Å². The Morgan fingerprint density at radius 3 is 2.75 bits per heavy atom. The van der Waals surface area contributed by atoms with E-state index in [4.69, 9.17) is 0 Å². The number of aromatic nitrogens is 5. The molecule has 0 amide bonds. The van der Waals surface area contributed by atoms with Gasteiger partial charge in [0.25, 0.3) is 0 Å². The van der Waals surface area contributed by atoms with Gasteiger partial charge in [0.2, 0.25) is 0 Å². The van der Waals surface area contributed by atoms with Gasteiger partial charge < -0.3 is 9.13 Å². The lowest BCUT2D eigenvalue weighted by Gasteiger charge is -2.07. The Balaban J connectivity index is 1.42. The first kappa shape index (κ1) is 22.8. The van der Waals surface area contributed by atoms with Crippen LogP contribution in [0.2, 0.25) is 0 Å². The molecular formula is C23H25N5OS3. The van der Waals surface area contributed by atoms with Crippen LogP contribution in [-0.4, -0.2) is 35.9 Å². The summed E-state index contributed by atoms with van der Waals surface area (Å²) >= 11 is 4.81. The Bertz CT molecular complexity index is 1240. The van der Waals surface area contributed by atoms with E-state index in [1.165, 1.54) is 16.5 Å². The summed E-state index contributed by atoms with van der Waals surface area (Å²) in [6, 6.07) is 10.1. The Hall–Kier alpha value is -2.36. The fourth-order valence-electron chi connectivity index (χ4n) is 3.59. The van der Waals surface area contributed by atoms with Gasteiger partial charge in [0.1, 0.15) is 5.82 Å². The molecule has 0 unspecified atom stereocenters. The third-order valence-electron chi connectivity index (χ3n) is 5.23. The molecule has 0 aliphatic carbocycles. The molecule has 0 aliphatic rings. The standard InChI is InChI=1S/C23H25N5OS3/c1-5-11-28-15(3)12-17(16(28)4)19(29)13-30-22-26-25-21(27(22)6-2)14-31-23-24-18-9-7-8-10-20(18)32-23/h5,7-10,12H,1,6,11,13-14H2,2-4H3. The van der Waals surface area contributed by atoms with Crippen LogP contribution in [0.5, 0.6) is 0 Å². The second-order valence-electron chi connectivity index (χ2n) is 7.28. The minimum atomic E-state index is 0.106. The topological polar surface area (TPSA) is 65.6 Å². The van der Waals surface area contributed by atoms with Crippen molar-refractivity contribution in [3.05, 3.63) is 65.8 Å². The number of allylic oxidation sites excluding steroid dienone is 1. The van der Waals surface area contributed by atoms with Gasteiger partial charge in [-0.25, -0.2) is 4.98 Å². The van der Waals surface area contributed by atoms with E-state index in [0.717, 1.165) is 44.3 Å². The third-order valence-corrected chi connectivity index (χ3v) is 8.37. The molecule has 0 radical (unpaired) electrons. The minimum absolute atomic E-state index is 0.106. The molecule has 0 aliphatic heterocycles. The predicted octanol–water partition coefficient (Wildman–Crippen LogP) is 5.78. The van der Waals surface area contributed by atoms with Gasteiger partial charge in [0.05, 0.1) is 21.7 Å². The Morgan fingerprint density at radius 2 is 2.00 bits per heavy atom. The van der Waals surface area contributed by atoms with Crippen molar-refractivity contribution >= 4 is 50.9 Å². The number of ketones is 1. The molecule has 9 heteroatoms. The lowest BCUT2D eigenvalue weighted by atomic mass is 10.2. The van der Waals surface area contributed by atoms with Gasteiger partial charge >= 0.3 is 0 Å². The highest BCUT2D eigenvalue weighted by molar-refractivity contribution is 8.00. The number of carbonyl (C=O) groups is 1. The van der Waals surface area contributed by atoms with E-state index >= 15 is 0 Å². The van der Waals surface area contributed by atoms with Crippen molar-refractivity contribution in [1.82, 2.24) is 24.3 Å². The second kappa shape index (κ2) is 10.1. The van der Waals surface area contributed by atoms with Crippen LogP contribution in [0.1, 0.15) is 34.5 Å². The molecule has 4 rings (SSSR count). The molecule has 4 aromatic rings. The summed E-state index contributed by atoms with van der Waals surface area (Å²) in [5, 5.41) is 9.52. The van der Waals surface area contributed by atoms with Gasteiger partial charge in [-0.05, 0) is 39.0 Å². The Labute approximate surface area is 200 Å². The van der Waals surface area contributed by atoms with Gasteiger partial charge in [-0.3, -0.25) is 4.79 Å². The first-order valence-corrected chi connectivity index (χ1v) is 13.1. The highest BCUT2D eigenvalue weighted by Crippen LogP contribution is 2.31. The molecular weight excluding hydrogens is 458 g/mol. The number of thioether (sulfide) groups is 2. The molecule has 3 aromatic heterocycles. The number of aryl methyl sites for hydroxylation is 1. The van der Waals surface area contributed by atoms with Crippen molar-refractivity contribution in [2.45, 2.75) is 49.1 Å². The number of thiazole rings is 1. The normalized spacial score (nSPS) is 11.3. The summed E-state index contributed by atoms with van der Waals surface area (Å²) in [5.74, 6) is 2.03. The zero-order valence-electron chi connectivity index (χ0n) is 18.4. The fraction of sp³-hybridized carbons (Fsp3) is 0.304. The maximum absolute atomic E-state index is 12.9. The first-order chi connectivity index (χ1) is 15.5. The molecule has 0 bridgehead atoms. The zero-order valence-corrected chi connectivity index (χ0v) is 20.8. The van der Waals surface area contributed by atoms with Crippen LogP contribution in [0.4, 0.5) is 0 Å². The molecule has 6 nitrogen and oxygen atoms in total. The monoisotopic (exact) mass is 483 g/mol. The van der Waals surface area contributed by atoms with Gasteiger partial charge in [0.15, 0.2) is 15.3 Å². The van der Waals surface area contributed by atoms with Crippen molar-refractivity contribution in [1.29, 1.82) is 0 Å². The molecule has 0 saturated carbocycles. The lowest BCUT2D eigenvalue weighted by Crippen LogP contribution is -2.08. The van der Waals surface area contributed by atoms with Crippen molar-refractivity contribution in [3.8, 4) is 0 Å². The molecule has 0 atom stereocenters. The fourth-order valence-corrected chi connectivity index (χ4v) is 6.50. The number of para-hydroxylation sites is 1. The van der Waals surface area contributed by atoms with Crippen molar-refractivity contribution in [3.63, 3.8) is 0 Å². The highest BCUT2D eigenvalue weighted by atomic mass is 32.2. The average molecular weight is 484 g/mol. The van der Waals surface area contributed by atoms with Gasteiger partial charge in [-0.2, -0.15) is 0 Å². The van der Waals surface area contributed by atoms with E-state index < -0.39 is 0 Å². The van der Waals surface area contributed by atoms with Gasteiger partial charge in [-0.15, -0.1) is 28.1 Å². The van der Waals surface area contributed by atoms with E-state index in [2.05, 4.69) is 43.9 Å². The summed E-state index contributed by atoms with van der Waals surface area (Å²) < 4.78 is 6.40. The summed E-state index contributed by atoms with van der Waals surface area (Å²) in [6.07, 6.45) is 1.85. The number of benzene rings is 1. The van der Waals surface area contributed by atoms with E-state index in [9.17, 15) is 4.79 Å². The molecule has 1 aromatic carbocycles. The summed E-state index contributed by atoms with van der Waals surface area (Å²) in [4.78, 5) is 17.6. The van der Waals surface area contributed by atoms with E-state index in [1.807, 2.05) is 44.2 Å². The van der Waals surface area contributed by atoms with Crippen LogP contribution in [0.15, 0.2) is 52.5 Å². The van der Waals surface area contributed by atoms with Crippen molar-refractivity contribution in [2.75, 3.05) is 5.75 Å². The van der Waals surface area contributed by atoms with Crippen molar-refractivity contribution < 1.29 is 4.79 Å². The highest BCUT2D eigenvalue weighted by Gasteiger charge is 2.18. The maximum Gasteiger partial charge on any atom is 0.191 e. The number of hydrogen-bond acceptors (Lipinski definition) is 7. The maximum atomic E-state index is 12.9. The lowest BCUT2D eigenvalue weighted by molar-refractivity contribution is 0.102. The Kier molecular flexibility index (Phi) is 7.17. The average Bonchev–Trinajstić information content (AvgIpc) is 3.47. The quantitative estimate of drug-likeness (QED) is 0.162. The van der Waals surface area contributed by atoms with Gasteiger partial charge in [0, 0.05) is 30.0 Å². The van der Waals surface area contributed by atoms with E-state index in [0.29, 0.717) is 18.1 Å².